The summed E-state index contributed by atoms with van der Waals surface area (Å²) >= 11 is 0. The maximum Gasteiger partial charge on any atom is 0.274 e. The summed E-state index contributed by atoms with van der Waals surface area (Å²) in [6.45, 7) is 4.74. The molecule has 0 N–H and O–H groups in total. The molecule has 2 amide bonds. The first-order valence-corrected chi connectivity index (χ1v) is 8.92. The molecule has 0 aromatic heterocycles. The lowest BCUT2D eigenvalue weighted by atomic mass is 10.0. The fourth-order valence-electron chi connectivity index (χ4n) is 3.64. The van der Waals surface area contributed by atoms with Crippen molar-refractivity contribution in [3.05, 3.63) is 59.7 Å². The normalized spacial score (nSPS) is 19.4. The van der Waals surface area contributed by atoms with Crippen molar-refractivity contribution in [2.75, 3.05) is 16.5 Å². The van der Waals surface area contributed by atoms with Gasteiger partial charge in [0.25, 0.3) is 5.91 Å². The molecule has 2 aliphatic rings. The van der Waals surface area contributed by atoms with E-state index in [1.54, 1.807) is 4.90 Å². The van der Waals surface area contributed by atoms with Crippen LogP contribution in [0.5, 0.6) is 0 Å². The predicted molar refractivity (Wildman–Crippen MR) is 103 cm³/mol. The first-order valence-electron chi connectivity index (χ1n) is 8.92. The molecule has 2 aromatic carbocycles. The van der Waals surface area contributed by atoms with E-state index in [0.717, 1.165) is 11.3 Å². The molecule has 0 fully saturated rings. The molecule has 4 rings (SSSR count). The average molecular weight is 347 g/mol. The van der Waals surface area contributed by atoms with Crippen LogP contribution in [0.3, 0.4) is 0 Å². The molecule has 26 heavy (non-hydrogen) atoms. The highest BCUT2D eigenvalue weighted by Crippen LogP contribution is 2.36. The number of fused-ring (bicyclic) bond motifs is 1. The van der Waals surface area contributed by atoms with Gasteiger partial charge in [-0.25, -0.2) is 5.01 Å². The lowest BCUT2D eigenvalue weighted by molar-refractivity contribution is -0.118. The van der Waals surface area contributed by atoms with Gasteiger partial charge in [-0.2, -0.15) is 5.10 Å². The number of hydrogen-bond acceptors (Lipinski definition) is 3. The second-order valence-corrected chi connectivity index (χ2v) is 6.97. The highest BCUT2D eigenvalue weighted by molar-refractivity contribution is 6.45. The van der Waals surface area contributed by atoms with Crippen LogP contribution in [0.4, 0.5) is 11.4 Å². The molecule has 0 saturated heterocycles. The van der Waals surface area contributed by atoms with Gasteiger partial charge in [-0.15, -0.1) is 0 Å². The molecule has 1 atom stereocenters. The van der Waals surface area contributed by atoms with Crippen molar-refractivity contribution in [1.82, 2.24) is 0 Å². The summed E-state index contributed by atoms with van der Waals surface area (Å²) in [7, 11) is 0. The van der Waals surface area contributed by atoms with Crippen molar-refractivity contribution in [3.63, 3.8) is 0 Å². The third-order valence-electron chi connectivity index (χ3n) is 4.99. The van der Waals surface area contributed by atoms with E-state index in [4.69, 9.17) is 0 Å². The molecule has 5 nitrogen and oxygen atoms in total. The molecule has 0 spiro atoms. The van der Waals surface area contributed by atoms with Crippen molar-refractivity contribution in [3.8, 4) is 0 Å². The van der Waals surface area contributed by atoms with Gasteiger partial charge in [-0.3, -0.25) is 9.59 Å². The van der Waals surface area contributed by atoms with E-state index in [-0.39, 0.29) is 11.8 Å². The minimum atomic E-state index is -0.105. The number of hydrogen-bond donors (Lipinski definition) is 0. The van der Waals surface area contributed by atoms with Crippen molar-refractivity contribution < 1.29 is 9.59 Å². The number of amides is 2. The molecule has 0 saturated carbocycles. The van der Waals surface area contributed by atoms with Crippen molar-refractivity contribution in [1.29, 1.82) is 0 Å². The number of aryl methyl sites for hydroxylation is 1. The quantitative estimate of drug-likeness (QED) is 0.833. The molecule has 0 radical (unpaired) electrons. The Bertz CT molecular complexity index is 919. The summed E-state index contributed by atoms with van der Waals surface area (Å²) in [6, 6.07) is 15.6. The van der Waals surface area contributed by atoms with E-state index in [0.29, 0.717) is 36.7 Å². The van der Waals surface area contributed by atoms with Crippen LogP contribution in [0.2, 0.25) is 0 Å². The van der Waals surface area contributed by atoms with E-state index >= 15 is 0 Å². The molecule has 0 bridgehead atoms. The van der Waals surface area contributed by atoms with Crippen molar-refractivity contribution in [2.24, 2.45) is 5.10 Å². The zero-order valence-corrected chi connectivity index (χ0v) is 15.0. The van der Waals surface area contributed by atoms with Crippen LogP contribution in [-0.2, 0) is 9.59 Å². The number of rotatable bonds is 2. The number of carbonyl (C=O) groups excluding carboxylic acids is 2. The molecule has 2 heterocycles. The molecular weight excluding hydrogens is 326 g/mol. The minimum absolute atomic E-state index is 0.0812. The lowest BCUT2D eigenvalue weighted by Gasteiger charge is -2.26. The van der Waals surface area contributed by atoms with Crippen LogP contribution in [0.1, 0.15) is 36.8 Å². The zero-order chi connectivity index (χ0) is 18.3. The Kier molecular flexibility index (Phi) is 4.07. The highest BCUT2D eigenvalue weighted by atomic mass is 16.2. The molecule has 0 aliphatic carbocycles. The summed E-state index contributed by atoms with van der Waals surface area (Å²) < 4.78 is 0. The standard InChI is InChI=1S/C21H21N3O2/c1-14-6-5-7-16(12-14)24-20(25)11-10-18(22-24)21(26)23-13-15(2)17-8-3-4-9-19(17)23/h3-9,12,15H,10-11,13H2,1-2H3. The highest BCUT2D eigenvalue weighted by Gasteiger charge is 2.34. The van der Waals surface area contributed by atoms with Crippen LogP contribution in [0.25, 0.3) is 0 Å². The van der Waals surface area contributed by atoms with Crippen LogP contribution in [-0.4, -0.2) is 24.1 Å². The zero-order valence-electron chi connectivity index (χ0n) is 15.0. The molecular formula is C21H21N3O2. The SMILES string of the molecule is Cc1cccc(N2N=C(C(=O)N3CC(C)c4ccccc43)CCC2=O)c1. The Morgan fingerprint density at radius 2 is 1.92 bits per heavy atom. The Balaban J connectivity index is 1.66. The number of hydrazone groups is 1. The monoisotopic (exact) mass is 347 g/mol. The van der Waals surface area contributed by atoms with Gasteiger partial charge in [0.05, 0.1) is 5.69 Å². The van der Waals surface area contributed by atoms with Gasteiger partial charge in [0.15, 0.2) is 0 Å². The van der Waals surface area contributed by atoms with E-state index in [1.807, 2.05) is 49.4 Å². The van der Waals surface area contributed by atoms with E-state index in [2.05, 4.69) is 18.1 Å². The van der Waals surface area contributed by atoms with E-state index in [9.17, 15) is 9.59 Å². The van der Waals surface area contributed by atoms with Gasteiger partial charge in [-0.05, 0) is 36.2 Å². The maximum absolute atomic E-state index is 13.1. The number of carbonyl (C=O) groups is 2. The third-order valence-corrected chi connectivity index (χ3v) is 4.99. The van der Waals surface area contributed by atoms with Crippen LogP contribution in [0, 0.1) is 6.92 Å². The molecule has 5 heteroatoms. The number of anilines is 2. The number of nitrogens with zero attached hydrogens (tertiary/aromatic N) is 3. The van der Waals surface area contributed by atoms with Gasteiger partial charge < -0.3 is 4.90 Å². The Hall–Kier alpha value is -2.95. The maximum atomic E-state index is 13.1. The van der Waals surface area contributed by atoms with Crippen molar-refractivity contribution >= 4 is 28.9 Å². The molecule has 132 valence electrons. The van der Waals surface area contributed by atoms with Crippen LogP contribution < -0.4 is 9.91 Å². The predicted octanol–water partition coefficient (Wildman–Crippen LogP) is 3.63. The van der Waals surface area contributed by atoms with Gasteiger partial charge in [0.2, 0.25) is 5.91 Å². The van der Waals surface area contributed by atoms with E-state index in [1.165, 1.54) is 10.6 Å². The molecule has 1 unspecified atom stereocenters. The largest absolute Gasteiger partial charge is 0.306 e. The van der Waals surface area contributed by atoms with Gasteiger partial charge in [0.1, 0.15) is 5.71 Å². The summed E-state index contributed by atoms with van der Waals surface area (Å²) in [5.74, 6) is 0.114. The smallest absolute Gasteiger partial charge is 0.274 e. The van der Waals surface area contributed by atoms with Gasteiger partial charge >= 0.3 is 0 Å². The van der Waals surface area contributed by atoms with Gasteiger partial charge in [0, 0.05) is 31.0 Å². The number of benzene rings is 2. The summed E-state index contributed by atoms with van der Waals surface area (Å²) in [5, 5.41) is 5.80. The topological polar surface area (TPSA) is 53.0 Å². The summed E-state index contributed by atoms with van der Waals surface area (Å²) in [5.41, 5.74) is 4.33. The first kappa shape index (κ1) is 16.5. The first-order chi connectivity index (χ1) is 12.5. The van der Waals surface area contributed by atoms with Crippen LogP contribution in [0.15, 0.2) is 53.6 Å². The fourth-order valence-corrected chi connectivity index (χ4v) is 3.64. The summed E-state index contributed by atoms with van der Waals surface area (Å²) in [6.07, 6.45) is 0.677. The third kappa shape index (κ3) is 2.79. The van der Waals surface area contributed by atoms with Crippen molar-refractivity contribution in [2.45, 2.75) is 32.6 Å². The Morgan fingerprint density at radius 1 is 1.12 bits per heavy atom. The Labute approximate surface area is 152 Å². The molecule has 2 aliphatic heterocycles. The van der Waals surface area contributed by atoms with Gasteiger partial charge in [-0.1, -0.05) is 37.3 Å². The molecule has 2 aromatic rings. The average Bonchev–Trinajstić information content (AvgIpc) is 2.99. The second kappa shape index (κ2) is 6.41. The minimum Gasteiger partial charge on any atom is -0.306 e. The summed E-state index contributed by atoms with van der Waals surface area (Å²) in [4.78, 5) is 27.3. The lowest BCUT2D eigenvalue weighted by Crippen LogP contribution is -2.41. The fraction of sp³-hybridized carbons (Fsp3) is 0.286. The Morgan fingerprint density at radius 3 is 2.73 bits per heavy atom. The van der Waals surface area contributed by atoms with Crippen LogP contribution >= 0.6 is 0 Å². The second-order valence-electron chi connectivity index (χ2n) is 6.97. The van der Waals surface area contributed by atoms with E-state index < -0.39 is 0 Å². The number of para-hydroxylation sites is 1.